The van der Waals surface area contributed by atoms with Crippen LogP contribution in [0.1, 0.15) is 52.4 Å². The van der Waals surface area contributed by atoms with Crippen molar-refractivity contribution in [2.75, 3.05) is 32.8 Å². The van der Waals surface area contributed by atoms with Crippen LogP contribution in [0.25, 0.3) is 0 Å². The monoisotopic (exact) mass is 323 g/mol. The molecule has 2 aliphatic heterocycles. The van der Waals surface area contributed by atoms with E-state index in [-0.39, 0.29) is 6.03 Å². The van der Waals surface area contributed by atoms with Crippen molar-refractivity contribution in [2.45, 2.75) is 70.5 Å². The zero-order chi connectivity index (χ0) is 16.2. The van der Waals surface area contributed by atoms with Crippen molar-refractivity contribution in [3.63, 3.8) is 0 Å². The van der Waals surface area contributed by atoms with Crippen LogP contribution < -0.4 is 5.32 Å². The minimum absolute atomic E-state index is 0.114. The number of carbonyl (C=O) groups is 1. The van der Waals surface area contributed by atoms with E-state index in [9.17, 15) is 4.79 Å². The van der Waals surface area contributed by atoms with Crippen LogP contribution in [0.4, 0.5) is 4.79 Å². The van der Waals surface area contributed by atoms with Crippen LogP contribution in [-0.4, -0.2) is 66.8 Å². The zero-order valence-electron chi connectivity index (χ0n) is 14.8. The topological polar surface area (TPSA) is 44.8 Å². The molecule has 2 amide bonds. The van der Waals surface area contributed by atoms with Gasteiger partial charge in [0.2, 0.25) is 0 Å². The molecule has 1 saturated carbocycles. The lowest BCUT2D eigenvalue weighted by Crippen LogP contribution is -2.47. The van der Waals surface area contributed by atoms with Crippen molar-refractivity contribution in [2.24, 2.45) is 5.92 Å². The Morgan fingerprint density at radius 2 is 1.96 bits per heavy atom. The molecule has 0 radical (unpaired) electrons. The minimum Gasteiger partial charge on any atom is -0.381 e. The van der Waals surface area contributed by atoms with Gasteiger partial charge in [-0.1, -0.05) is 0 Å². The highest BCUT2D eigenvalue weighted by Crippen LogP contribution is 2.32. The molecular weight excluding hydrogens is 290 g/mol. The molecular formula is C18H33N3O2. The predicted octanol–water partition coefficient (Wildman–Crippen LogP) is 2.46. The molecule has 0 aromatic heterocycles. The fraction of sp³-hybridized carbons (Fsp3) is 0.944. The van der Waals surface area contributed by atoms with Crippen LogP contribution in [0.3, 0.4) is 0 Å². The van der Waals surface area contributed by atoms with Crippen molar-refractivity contribution in [1.82, 2.24) is 15.1 Å². The summed E-state index contributed by atoms with van der Waals surface area (Å²) in [6.45, 7) is 8.75. The van der Waals surface area contributed by atoms with Crippen molar-refractivity contribution >= 4 is 6.03 Å². The van der Waals surface area contributed by atoms with Gasteiger partial charge in [-0.25, -0.2) is 4.79 Å². The van der Waals surface area contributed by atoms with E-state index in [0.29, 0.717) is 18.1 Å². The van der Waals surface area contributed by atoms with Crippen molar-refractivity contribution in [3.05, 3.63) is 0 Å². The van der Waals surface area contributed by atoms with E-state index in [1.165, 1.54) is 25.7 Å². The quantitative estimate of drug-likeness (QED) is 0.732. The average molecular weight is 323 g/mol. The SMILES string of the molecule is CC(C)N1C2CCC1CN(C(=O)NCCCOCC1CC1)CC2. The first-order valence-electron chi connectivity index (χ1n) is 9.53. The summed E-state index contributed by atoms with van der Waals surface area (Å²) >= 11 is 0. The van der Waals surface area contributed by atoms with Crippen LogP contribution in [-0.2, 0) is 4.74 Å². The van der Waals surface area contributed by atoms with Gasteiger partial charge < -0.3 is 15.0 Å². The molecule has 2 bridgehead atoms. The summed E-state index contributed by atoms with van der Waals surface area (Å²) in [4.78, 5) is 17.1. The second-order valence-corrected chi connectivity index (χ2v) is 7.76. The molecule has 2 heterocycles. The Labute approximate surface area is 140 Å². The Balaban J connectivity index is 1.36. The number of hydrogen-bond donors (Lipinski definition) is 1. The molecule has 132 valence electrons. The highest BCUT2D eigenvalue weighted by atomic mass is 16.5. The van der Waals surface area contributed by atoms with E-state index in [4.69, 9.17) is 4.74 Å². The lowest BCUT2D eigenvalue weighted by Gasteiger charge is -2.32. The number of fused-ring (bicyclic) bond motifs is 2. The number of likely N-dealkylation sites (tertiary alicyclic amines) is 1. The molecule has 23 heavy (non-hydrogen) atoms. The van der Waals surface area contributed by atoms with Crippen molar-refractivity contribution < 1.29 is 9.53 Å². The Morgan fingerprint density at radius 3 is 2.70 bits per heavy atom. The number of ether oxygens (including phenoxy) is 1. The second-order valence-electron chi connectivity index (χ2n) is 7.76. The summed E-state index contributed by atoms with van der Waals surface area (Å²) in [6, 6.07) is 1.92. The van der Waals surface area contributed by atoms with E-state index in [1.54, 1.807) is 0 Å². The molecule has 0 aromatic carbocycles. The van der Waals surface area contributed by atoms with Gasteiger partial charge in [0.15, 0.2) is 0 Å². The number of rotatable bonds is 7. The van der Waals surface area contributed by atoms with E-state index in [0.717, 1.165) is 51.6 Å². The molecule has 1 aliphatic carbocycles. The second kappa shape index (κ2) is 7.84. The van der Waals surface area contributed by atoms with Crippen molar-refractivity contribution in [1.29, 1.82) is 0 Å². The predicted molar refractivity (Wildman–Crippen MR) is 91.5 cm³/mol. The molecule has 2 saturated heterocycles. The van der Waals surface area contributed by atoms with E-state index in [2.05, 4.69) is 24.1 Å². The Hall–Kier alpha value is -0.810. The smallest absolute Gasteiger partial charge is 0.317 e. The molecule has 1 N–H and O–H groups in total. The molecule has 3 rings (SSSR count). The molecule has 3 aliphatic rings. The van der Waals surface area contributed by atoms with E-state index >= 15 is 0 Å². The highest BCUT2D eigenvalue weighted by Gasteiger charge is 2.39. The normalized spacial score (nSPS) is 28.2. The lowest BCUT2D eigenvalue weighted by atomic mass is 10.1. The minimum atomic E-state index is 0.114. The number of hydrogen-bond acceptors (Lipinski definition) is 3. The molecule has 0 aromatic rings. The number of nitrogens with one attached hydrogen (secondary N) is 1. The van der Waals surface area contributed by atoms with Gasteiger partial charge in [0.25, 0.3) is 0 Å². The molecule has 5 heteroatoms. The average Bonchev–Trinajstić information content (AvgIpc) is 3.26. The molecule has 0 spiro atoms. The van der Waals surface area contributed by atoms with Gasteiger partial charge in [-0.05, 0) is 58.3 Å². The number of nitrogens with zero attached hydrogens (tertiary/aromatic N) is 2. The fourth-order valence-electron chi connectivity index (χ4n) is 4.15. The zero-order valence-corrected chi connectivity index (χ0v) is 14.8. The van der Waals surface area contributed by atoms with Gasteiger partial charge in [0.1, 0.15) is 0 Å². The van der Waals surface area contributed by atoms with Gasteiger partial charge in [-0.3, -0.25) is 4.90 Å². The molecule has 2 atom stereocenters. The third kappa shape index (κ3) is 4.60. The number of amides is 2. The van der Waals surface area contributed by atoms with Crippen LogP contribution in [0.5, 0.6) is 0 Å². The van der Waals surface area contributed by atoms with Gasteiger partial charge in [-0.2, -0.15) is 0 Å². The van der Waals surface area contributed by atoms with Crippen LogP contribution >= 0.6 is 0 Å². The first kappa shape index (κ1) is 17.0. The third-order valence-corrected chi connectivity index (χ3v) is 5.52. The summed E-state index contributed by atoms with van der Waals surface area (Å²) in [5.41, 5.74) is 0. The first-order valence-corrected chi connectivity index (χ1v) is 9.53. The van der Waals surface area contributed by atoms with Crippen LogP contribution in [0.2, 0.25) is 0 Å². The van der Waals surface area contributed by atoms with Crippen LogP contribution in [0, 0.1) is 5.92 Å². The Morgan fingerprint density at radius 1 is 1.17 bits per heavy atom. The maximum Gasteiger partial charge on any atom is 0.317 e. The molecule has 5 nitrogen and oxygen atoms in total. The lowest BCUT2D eigenvalue weighted by molar-refractivity contribution is 0.121. The summed E-state index contributed by atoms with van der Waals surface area (Å²) in [7, 11) is 0. The van der Waals surface area contributed by atoms with E-state index in [1.807, 2.05) is 4.90 Å². The summed E-state index contributed by atoms with van der Waals surface area (Å²) in [6.07, 6.45) is 7.24. The van der Waals surface area contributed by atoms with Gasteiger partial charge in [-0.15, -0.1) is 0 Å². The maximum absolute atomic E-state index is 12.4. The highest BCUT2D eigenvalue weighted by molar-refractivity contribution is 5.74. The van der Waals surface area contributed by atoms with Gasteiger partial charge >= 0.3 is 6.03 Å². The summed E-state index contributed by atoms with van der Waals surface area (Å²) in [5, 5.41) is 3.08. The first-order chi connectivity index (χ1) is 11.1. The third-order valence-electron chi connectivity index (χ3n) is 5.52. The number of urea groups is 1. The number of carbonyl (C=O) groups excluding carboxylic acids is 1. The Bertz CT molecular complexity index is 398. The Kier molecular flexibility index (Phi) is 5.81. The van der Waals surface area contributed by atoms with E-state index < -0.39 is 0 Å². The standard InChI is InChI=1S/C18H33N3O2/c1-14(2)21-16-6-7-17(21)12-20(10-8-16)18(22)19-9-3-11-23-13-15-4-5-15/h14-17H,3-13H2,1-2H3,(H,19,22). The van der Waals surface area contributed by atoms with Gasteiger partial charge in [0.05, 0.1) is 0 Å². The fourth-order valence-corrected chi connectivity index (χ4v) is 4.15. The summed E-state index contributed by atoms with van der Waals surface area (Å²) in [5.74, 6) is 0.820. The van der Waals surface area contributed by atoms with Crippen molar-refractivity contribution in [3.8, 4) is 0 Å². The van der Waals surface area contributed by atoms with Crippen LogP contribution in [0.15, 0.2) is 0 Å². The van der Waals surface area contributed by atoms with Gasteiger partial charge in [0, 0.05) is 51.0 Å². The molecule has 3 fully saturated rings. The largest absolute Gasteiger partial charge is 0.381 e. The molecule has 2 unspecified atom stereocenters. The summed E-state index contributed by atoms with van der Waals surface area (Å²) < 4.78 is 5.61. The maximum atomic E-state index is 12.4.